The highest BCUT2D eigenvalue weighted by Crippen LogP contribution is 2.18. The fourth-order valence-corrected chi connectivity index (χ4v) is 10.8. The van der Waals surface area contributed by atoms with Crippen LogP contribution in [0.4, 0.5) is 0 Å². The van der Waals surface area contributed by atoms with Crippen molar-refractivity contribution in [3.05, 3.63) is 24.3 Å². The molecule has 6 heteroatoms. The molecule has 0 aliphatic rings. The van der Waals surface area contributed by atoms with E-state index in [2.05, 4.69) is 43.5 Å². The van der Waals surface area contributed by atoms with Gasteiger partial charge in [-0.1, -0.05) is 334 Å². The number of unbranched alkanes of at least 4 members (excludes halogenated alkanes) is 49. The zero-order valence-electron chi connectivity index (χ0n) is 50.8. The Balaban J connectivity index is 3.40. The Kier molecular flexibility index (Phi) is 63.4. The van der Waals surface area contributed by atoms with Crippen LogP contribution in [0, 0.1) is 0 Å². The van der Waals surface area contributed by atoms with E-state index in [1.807, 2.05) is 0 Å². The smallest absolute Gasteiger partial charge is 0.305 e. The Bertz CT molecular complexity index is 1170. The minimum Gasteiger partial charge on any atom is -0.466 e. The SMILES string of the molecule is CCCCCCCCCCCCCCCCCCCCCC(=O)OCCCCCCCCCCC/C=C\C/C=C\CCCCCCCCCCCC(=O)NC(CO)C(O)CCCCCCCCCCCCCCCC. The van der Waals surface area contributed by atoms with E-state index in [4.69, 9.17) is 4.74 Å². The standard InChI is InChI=1S/C69H133NO5/c1-3-5-7-9-11-13-15-17-19-20-28-32-35-39-43-47-51-55-59-63-69(74)75-64-60-56-52-48-44-40-36-33-30-27-25-23-21-22-24-26-29-31-34-38-42-46-50-54-58-62-68(73)70-66(65-71)67(72)61-57-53-49-45-41-37-18-16-14-12-10-8-6-4-2/h22-25,66-67,71-72H,3-21,26-65H2,1-2H3,(H,70,73)/b24-22-,25-23-. The van der Waals surface area contributed by atoms with Crippen LogP contribution in [0.5, 0.6) is 0 Å². The van der Waals surface area contributed by atoms with Gasteiger partial charge >= 0.3 is 5.97 Å². The lowest BCUT2D eigenvalue weighted by Gasteiger charge is -2.22. The van der Waals surface area contributed by atoms with Gasteiger partial charge in [0.15, 0.2) is 0 Å². The maximum absolute atomic E-state index is 12.5. The maximum atomic E-state index is 12.5. The third-order valence-electron chi connectivity index (χ3n) is 16.0. The van der Waals surface area contributed by atoms with Crippen molar-refractivity contribution in [1.29, 1.82) is 0 Å². The molecule has 1 amide bonds. The molecule has 0 rings (SSSR count). The minimum absolute atomic E-state index is 0.0144. The van der Waals surface area contributed by atoms with Gasteiger partial charge in [-0.2, -0.15) is 0 Å². The van der Waals surface area contributed by atoms with Crippen LogP contribution in [-0.2, 0) is 14.3 Å². The summed E-state index contributed by atoms with van der Waals surface area (Å²) in [6.07, 6.45) is 80.7. The van der Waals surface area contributed by atoms with E-state index in [1.54, 1.807) is 0 Å². The van der Waals surface area contributed by atoms with E-state index >= 15 is 0 Å². The molecule has 2 atom stereocenters. The van der Waals surface area contributed by atoms with Gasteiger partial charge in [0.25, 0.3) is 0 Å². The number of esters is 1. The summed E-state index contributed by atoms with van der Waals surface area (Å²) in [4.78, 5) is 24.6. The van der Waals surface area contributed by atoms with E-state index in [1.165, 1.54) is 302 Å². The van der Waals surface area contributed by atoms with Crippen LogP contribution >= 0.6 is 0 Å². The van der Waals surface area contributed by atoms with Gasteiger partial charge in [0.2, 0.25) is 5.91 Å². The van der Waals surface area contributed by atoms with Crippen molar-refractivity contribution in [3.8, 4) is 0 Å². The summed E-state index contributed by atoms with van der Waals surface area (Å²) >= 11 is 0. The summed E-state index contributed by atoms with van der Waals surface area (Å²) < 4.78 is 5.50. The number of aliphatic hydroxyl groups excluding tert-OH is 2. The highest BCUT2D eigenvalue weighted by molar-refractivity contribution is 5.76. The van der Waals surface area contributed by atoms with Gasteiger partial charge in [-0.3, -0.25) is 9.59 Å². The predicted octanol–water partition coefficient (Wildman–Crippen LogP) is 21.8. The second-order valence-corrected chi connectivity index (χ2v) is 23.5. The number of allylic oxidation sites excluding steroid dienone is 4. The molecule has 0 aliphatic carbocycles. The molecular weight excluding hydrogens is 923 g/mol. The first-order valence-electron chi connectivity index (χ1n) is 34.1. The molecule has 0 aromatic carbocycles. The fraction of sp³-hybridized carbons (Fsp3) is 0.913. The molecule has 3 N–H and O–H groups in total. The molecule has 0 radical (unpaired) electrons. The molecule has 0 aliphatic heterocycles. The van der Waals surface area contributed by atoms with E-state index in [9.17, 15) is 19.8 Å². The predicted molar refractivity (Wildman–Crippen MR) is 329 cm³/mol. The first kappa shape index (κ1) is 73.3. The lowest BCUT2D eigenvalue weighted by Crippen LogP contribution is -2.45. The van der Waals surface area contributed by atoms with Gasteiger partial charge in [-0.15, -0.1) is 0 Å². The van der Waals surface area contributed by atoms with Crippen molar-refractivity contribution in [2.45, 2.75) is 392 Å². The van der Waals surface area contributed by atoms with Gasteiger partial charge in [0.05, 0.1) is 25.4 Å². The summed E-state index contributed by atoms with van der Waals surface area (Å²) in [5, 5.41) is 23.3. The topological polar surface area (TPSA) is 95.9 Å². The highest BCUT2D eigenvalue weighted by Gasteiger charge is 2.20. The Morgan fingerprint density at radius 1 is 0.373 bits per heavy atom. The lowest BCUT2D eigenvalue weighted by atomic mass is 10.0. The van der Waals surface area contributed by atoms with Crippen molar-refractivity contribution >= 4 is 11.9 Å². The maximum Gasteiger partial charge on any atom is 0.305 e. The zero-order valence-corrected chi connectivity index (χ0v) is 50.8. The Morgan fingerprint density at radius 3 is 1.01 bits per heavy atom. The Hall–Kier alpha value is -1.66. The van der Waals surface area contributed by atoms with E-state index in [0.29, 0.717) is 25.9 Å². The molecule has 2 unspecified atom stereocenters. The zero-order chi connectivity index (χ0) is 54.3. The third-order valence-corrected chi connectivity index (χ3v) is 16.0. The quantitative estimate of drug-likeness (QED) is 0.0320. The summed E-state index contributed by atoms with van der Waals surface area (Å²) in [7, 11) is 0. The highest BCUT2D eigenvalue weighted by atomic mass is 16.5. The molecule has 0 fully saturated rings. The van der Waals surface area contributed by atoms with E-state index < -0.39 is 12.1 Å². The summed E-state index contributed by atoms with van der Waals surface area (Å²) in [6.45, 7) is 4.98. The van der Waals surface area contributed by atoms with Gasteiger partial charge < -0.3 is 20.3 Å². The first-order valence-corrected chi connectivity index (χ1v) is 34.1. The van der Waals surface area contributed by atoms with Crippen LogP contribution in [-0.4, -0.2) is 47.4 Å². The third kappa shape index (κ3) is 61.4. The van der Waals surface area contributed by atoms with Crippen LogP contribution in [0.2, 0.25) is 0 Å². The number of rotatable bonds is 64. The lowest BCUT2D eigenvalue weighted by molar-refractivity contribution is -0.143. The van der Waals surface area contributed by atoms with Crippen molar-refractivity contribution in [2.75, 3.05) is 13.2 Å². The van der Waals surface area contributed by atoms with Crippen LogP contribution in [0.25, 0.3) is 0 Å². The van der Waals surface area contributed by atoms with E-state index in [-0.39, 0.29) is 18.5 Å². The number of hydrogen-bond acceptors (Lipinski definition) is 5. The number of amides is 1. The van der Waals surface area contributed by atoms with Crippen molar-refractivity contribution in [2.24, 2.45) is 0 Å². The number of carbonyl (C=O) groups excluding carboxylic acids is 2. The largest absolute Gasteiger partial charge is 0.466 e. The average molecular weight is 1060 g/mol. The van der Waals surface area contributed by atoms with Crippen molar-refractivity contribution in [3.63, 3.8) is 0 Å². The van der Waals surface area contributed by atoms with Crippen LogP contribution in [0.1, 0.15) is 380 Å². The molecular formula is C69H133NO5. The van der Waals surface area contributed by atoms with Gasteiger partial charge in [0, 0.05) is 12.8 Å². The van der Waals surface area contributed by atoms with Crippen molar-refractivity contribution < 1.29 is 24.5 Å². The minimum atomic E-state index is -0.668. The molecule has 0 saturated carbocycles. The fourth-order valence-electron chi connectivity index (χ4n) is 10.8. The molecule has 0 aromatic rings. The van der Waals surface area contributed by atoms with Gasteiger partial charge in [0.1, 0.15) is 0 Å². The number of nitrogens with one attached hydrogen (secondary N) is 1. The molecule has 0 heterocycles. The van der Waals surface area contributed by atoms with Crippen LogP contribution in [0.3, 0.4) is 0 Å². The molecule has 444 valence electrons. The monoisotopic (exact) mass is 1060 g/mol. The summed E-state index contributed by atoms with van der Waals surface area (Å²) in [6, 6.07) is -0.546. The summed E-state index contributed by atoms with van der Waals surface area (Å²) in [5.41, 5.74) is 0. The molecule has 0 bridgehead atoms. The number of hydrogen-bond donors (Lipinski definition) is 3. The van der Waals surface area contributed by atoms with Crippen LogP contribution < -0.4 is 5.32 Å². The second kappa shape index (κ2) is 64.9. The summed E-state index contributed by atoms with van der Waals surface area (Å²) in [5.74, 6) is -0.0247. The molecule has 0 spiro atoms. The molecule has 0 saturated heterocycles. The van der Waals surface area contributed by atoms with Gasteiger partial charge in [-0.25, -0.2) is 0 Å². The Labute approximate surface area is 469 Å². The first-order chi connectivity index (χ1) is 37.0. The Morgan fingerprint density at radius 2 is 0.667 bits per heavy atom. The molecule has 0 aromatic heterocycles. The van der Waals surface area contributed by atoms with E-state index in [0.717, 1.165) is 44.9 Å². The molecule has 6 nitrogen and oxygen atoms in total. The average Bonchev–Trinajstić information content (AvgIpc) is 3.41. The number of ether oxygens (including phenoxy) is 1. The number of carbonyl (C=O) groups is 2. The normalized spacial score (nSPS) is 12.6. The molecule has 75 heavy (non-hydrogen) atoms. The van der Waals surface area contributed by atoms with Crippen LogP contribution in [0.15, 0.2) is 24.3 Å². The van der Waals surface area contributed by atoms with Gasteiger partial charge in [-0.05, 0) is 57.8 Å². The second-order valence-electron chi connectivity index (χ2n) is 23.5. The van der Waals surface area contributed by atoms with Crippen molar-refractivity contribution in [1.82, 2.24) is 5.32 Å². The number of aliphatic hydroxyl groups is 2.